The Hall–Kier alpha value is -2.48. The molecule has 0 bridgehead atoms. The number of halogens is 1. The van der Waals surface area contributed by atoms with Gasteiger partial charge in [-0.3, -0.25) is 15.0 Å². The lowest BCUT2D eigenvalue weighted by Crippen LogP contribution is -2.51. The zero-order chi connectivity index (χ0) is 19.9. The molecular formula is C19H22ClN3O5. The summed E-state index contributed by atoms with van der Waals surface area (Å²) in [6, 6.07) is 2.70. The zero-order valence-corrected chi connectivity index (χ0v) is 16.3. The molecule has 0 aromatic heterocycles. The van der Waals surface area contributed by atoms with E-state index in [1.165, 1.54) is 0 Å². The molecule has 3 aliphatic rings. The lowest BCUT2D eigenvalue weighted by Gasteiger charge is -2.33. The molecule has 9 heteroatoms. The number of imide groups is 1. The quantitative estimate of drug-likeness (QED) is 0.748. The fraction of sp³-hybridized carbons (Fsp3) is 0.526. The fourth-order valence-corrected chi connectivity index (χ4v) is 4.22. The van der Waals surface area contributed by atoms with Gasteiger partial charge in [0.25, 0.3) is 5.91 Å². The van der Waals surface area contributed by atoms with Gasteiger partial charge in [0.2, 0.25) is 5.91 Å². The smallest absolute Gasteiger partial charge is 0.344 e. The van der Waals surface area contributed by atoms with Crippen LogP contribution in [0.5, 0.6) is 11.5 Å². The van der Waals surface area contributed by atoms with Crippen LogP contribution in [0.4, 0.5) is 4.79 Å². The summed E-state index contributed by atoms with van der Waals surface area (Å²) in [7, 11) is 0. The van der Waals surface area contributed by atoms with Crippen LogP contribution in [0.15, 0.2) is 12.1 Å². The summed E-state index contributed by atoms with van der Waals surface area (Å²) in [5.41, 5.74) is 2.13. The number of hydrazine groups is 1. The molecule has 1 aromatic rings. The minimum Gasteiger partial charge on any atom is -0.486 e. The van der Waals surface area contributed by atoms with Gasteiger partial charge in [-0.25, -0.2) is 4.79 Å². The fourth-order valence-electron chi connectivity index (χ4n) is 3.93. The van der Waals surface area contributed by atoms with Crippen molar-refractivity contribution in [3.05, 3.63) is 22.7 Å². The molecule has 1 aliphatic carbocycles. The first kappa shape index (κ1) is 18.9. The number of carbonyl (C=O) groups is 3. The van der Waals surface area contributed by atoms with E-state index in [1.807, 2.05) is 0 Å². The number of benzene rings is 1. The number of ether oxygens (including phenoxy) is 2. The van der Waals surface area contributed by atoms with Crippen molar-refractivity contribution in [2.45, 2.75) is 44.6 Å². The van der Waals surface area contributed by atoms with Gasteiger partial charge in [0.1, 0.15) is 18.8 Å². The van der Waals surface area contributed by atoms with E-state index in [1.54, 1.807) is 12.1 Å². The molecule has 2 fully saturated rings. The Kier molecular flexibility index (Phi) is 4.82. The third-order valence-corrected chi connectivity index (χ3v) is 5.83. The summed E-state index contributed by atoms with van der Waals surface area (Å²) in [5.74, 6) is 0.584. The van der Waals surface area contributed by atoms with Gasteiger partial charge in [0.05, 0.1) is 11.4 Å². The Morgan fingerprint density at radius 2 is 2.00 bits per heavy atom. The van der Waals surface area contributed by atoms with Gasteiger partial charge in [0.15, 0.2) is 11.5 Å². The highest BCUT2D eigenvalue weighted by Crippen LogP contribution is 2.38. The van der Waals surface area contributed by atoms with Gasteiger partial charge >= 0.3 is 6.03 Å². The highest BCUT2D eigenvalue weighted by molar-refractivity contribution is 6.32. The molecule has 2 aliphatic heterocycles. The second kappa shape index (κ2) is 7.16. The highest BCUT2D eigenvalue weighted by Gasteiger charge is 2.52. The van der Waals surface area contributed by atoms with Crippen molar-refractivity contribution < 1.29 is 23.9 Å². The molecule has 150 valence electrons. The van der Waals surface area contributed by atoms with Gasteiger partial charge < -0.3 is 14.8 Å². The second-order valence-electron chi connectivity index (χ2n) is 7.65. The second-order valence-corrected chi connectivity index (χ2v) is 8.06. The third kappa shape index (κ3) is 3.37. The summed E-state index contributed by atoms with van der Waals surface area (Å²) < 4.78 is 11.0. The first-order valence-electron chi connectivity index (χ1n) is 9.42. The summed E-state index contributed by atoms with van der Waals surface area (Å²) in [4.78, 5) is 37.6. The van der Waals surface area contributed by atoms with Gasteiger partial charge in [-0.05, 0) is 49.3 Å². The molecule has 4 rings (SSSR count). The molecule has 4 amide bonds. The van der Waals surface area contributed by atoms with Crippen LogP contribution in [-0.4, -0.2) is 41.6 Å². The van der Waals surface area contributed by atoms with Crippen LogP contribution >= 0.6 is 11.6 Å². The number of nitrogens with one attached hydrogen (secondary N) is 2. The van der Waals surface area contributed by atoms with Crippen LogP contribution in [0.3, 0.4) is 0 Å². The number of nitrogens with zero attached hydrogens (tertiary/aromatic N) is 1. The molecule has 0 unspecified atom stereocenters. The average Bonchev–Trinajstić information content (AvgIpc) is 2.88. The van der Waals surface area contributed by atoms with Crippen LogP contribution in [0, 0.1) is 5.92 Å². The van der Waals surface area contributed by atoms with Crippen LogP contribution in [0.1, 0.15) is 38.2 Å². The largest absolute Gasteiger partial charge is 0.486 e. The van der Waals surface area contributed by atoms with E-state index >= 15 is 0 Å². The summed E-state index contributed by atoms with van der Waals surface area (Å²) in [5, 5.41) is 3.93. The predicted octanol–water partition coefficient (Wildman–Crippen LogP) is 2.19. The first-order valence-corrected chi connectivity index (χ1v) is 9.80. The lowest BCUT2D eigenvalue weighted by atomic mass is 9.77. The Labute approximate surface area is 167 Å². The number of amides is 4. The van der Waals surface area contributed by atoms with Crippen LogP contribution in [0.2, 0.25) is 5.02 Å². The summed E-state index contributed by atoms with van der Waals surface area (Å²) in [6.45, 7) is 2.95. The number of rotatable bonds is 3. The average molecular weight is 408 g/mol. The topological polar surface area (TPSA) is 97.0 Å². The molecule has 2 heterocycles. The van der Waals surface area contributed by atoms with Gasteiger partial charge in [-0.2, -0.15) is 5.01 Å². The highest BCUT2D eigenvalue weighted by atomic mass is 35.5. The van der Waals surface area contributed by atoms with Crippen LogP contribution in [0.25, 0.3) is 0 Å². The maximum atomic E-state index is 12.8. The van der Waals surface area contributed by atoms with E-state index in [-0.39, 0.29) is 6.42 Å². The van der Waals surface area contributed by atoms with E-state index < -0.39 is 23.4 Å². The Bertz CT molecular complexity index is 835. The number of carbonyl (C=O) groups excluding carboxylic acids is 3. The standard InChI is InChI=1S/C19H22ClN3O5/c1-11-2-4-19(5-3-11)17(25)23(18(26)21-19)22-15(24)10-12-8-13(20)16-14(9-12)27-6-7-28-16/h8-9,11H,2-7,10H2,1H3,(H,21,26)(H,22,24). The third-order valence-electron chi connectivity index (χ3n) is 5.55. The van der Waals surface area contributed by atoms with Crippen molar-refractivity contribution >= 4 is 29.4 Å². The molecule has 0 atom stereocenters. The molecule has 8 nitrogen and oxygen atoms in total. The molecule has 1 spiro atoms. The molecule has 2 N–H and O–H groups in total. The molecule has 0 radical (unpaired) electrons. The predicted molar refractivity (Wildman–Crippen MR) is 100 cm³/mol. The van der Waals surface area contributed by atoms with Crippen molar-refractivity contribution in [2.24, 2.45) is 5.92 Å². The lowest BCUT2D eigenvalue weighted by molar-refractivity contribution is -0.139. The molecular weight excluding hydrogens is 386 g/mol. The van der Waals surface area contributed by atoms with Crippen molar-refractivity contribution in [3.63, 3.8) is 0 Å². The number of fused-ring (bicyclic) bond motifs is 1. The zero-order valence-electron chi connectivity index (χ0n) is 15.5. The van der Waals surface area contributed by atoms with E-state index in [9.17, 15) is 14.4 Å². The maximum absolute atomic E-state index is 12.8. The minimum atomic E-state index is -0.892. The molecule has 1 aromatic carbocycles. The number of urea groups is 1. The van der Waals surface area contributed by atoms with Crippen LogP contribution < -0.4 is 20.2 Å². The summed E-state index contributed by atoms with van der Waals surface area (Å²) >= 11 is 6.19. The number of hydrogen-bond donors (Lipinski definition) is 2. The Balaban J connectivity index is 1.43. The van der Waals surface area contributed by atoms with E-state index in [4.69, 9.17) is 21.1 Å². The Morgan fingerprint density at radius 1 is 1.29 bits per heavy atom. The van der Waals surface area contributed by atoms with Crippen molar-refractivity contribution in [3.8, 4) is 11.5 Å². The van der Waals surface area contributed by atoms with Crippen molar-refractivity contribution in [1.29, 1.82) is 0 Å². The summed E-state index contributed by atoms with van der Waals surface area (Å²) in [6.07, 6.45) is 2.84. The van der Waals surface area contributed by atoms with Crippen molar-refractivity contribution in [2.75, 3.05) is 13.2 Å². The number of hydrogen-bond acceptors (Lipinski definition) is 5. The molecule has 28 heavy (non-hydrogen) atoms. The first-order chi connectivity index (χ1) is 13.4. The van der Waals surface area contributed by atoms with E-state index in [0.29, 0.717) is 54.1 Å². The van der Waals surface area contributed by atoms with Gasteiger partial charge in [0, 0.05) is 0 Å². The SMILES string of the molecule is CC1CCC2(CC1)NC(=O)N(NC(=O)Cc1cc(Cl)c3c(c1)OCCO3)C2=O. The van der Waals surface area contributed by atoms with Gasteiger partial charge in [-0.1, -0.05) is 18.5 Å². The van der Waals surface area contributed by atoms with Crippen LogP contribution in [-0.2, 0) is 16.0 Å². The molecule has 1 saturated heterocycles. The normalized spacial score (nSPS) is 26.4. The van der Waals surface area contributed by atoms with Crippen molar-refractivity contribution in [1.82, 2.24) is 15.8 Å². The van der Waals surface area contributed by atoms with Gasteiger partial charge in [-0.15, -0.1) is 0 Å². The minimum absolute atomic E-state index is 0.0581. The van der Waals surface area contributed by atoms with E-state index in [0.717, 1.165) is 17.9 Å². The Morgan fingerprint density at radius 3 is 2.75 bits per heavy atom. The van der Waals surface area contributed by atoms with E-state index in [2.05, 4.69) is 17.7 Å². The molecule has 1 saturated carbocycles. The maximum Gasteiger partial charge on any atom is 0.344 e. The monoisotopic (exact) mass is 407 g/mol.